The molecule has 0 aliphatic carbocycles. The molecule has 2 aliphatic rings. The van der Waals surface area contributed by atoms with Crippen LogP contribution in [0.25, 0.3) is 0 Å². The van der Waals surface area contributed by atoms with Crippen LogP contribution in [0.4, 0.5) is 0 Å². The quantitative estimate of drug-likeness (QED) is 0.587. The Morgan fingerprint density at radius 2 is 1.91 bits per heavy atom. The number of hydrogen-bond donors (Lipinski definition) is 3. The van der Waals surface area contributed by atoms with E-state index in [1.807, 2.05) is 0 Å². The number of phenols is 2. The number of carbonyl (C=O) groups excluding carboxylic acids is 1. The van der Waals surface area contributed by atoms with E-state index in [1.54, 1.807) is 4.90 Å². The molecule has 2 aromatic carbocycles. The molecule has 0 saturated carbocycles. The third kappa shape index (κ3) is 5.03. The Kier molecular flexibility index (Phi) is 6.93. The van der Waals surface area contributed by atoms with E-state index in [9.17, 15) is 15.0 Å². The molecule has 1 amide bonds. The number of ether oxygens (including phenoxy) is 1. The predicted octanol–water partition coefficient (Wildman–Crippen LogP) is 4.63. The van der Waals surface area contributed by atoms with Gasteiger partial charge in [-0.25, -0.2) is 0 Å². The predicted molar refractivity (Wildman–Crippen MR) is 124 cm³/mol. The third-order valence-corrected chi connectivity index (χ3v) is 7.06. The van der Waals surface area contributed by atoms with E-state index in [0.29, 0.717) is 12.0 Å². The Bertz CT molecular complexity index is 957. The van der Waals surface area contributed by atoms with Gasteiger partial charge in [0.25, 0.3) is 5.91 Å². The highest BCUT2D eigenvalue weighted by Crippen LogP contribution is 2.37. The summed E-state index contributed by atoms with van der Waals surface area (Å²) in [7, 11) is 0. The first-order chi connectivity index (χ1) is 15.4. The van der Waals surface area contributed by atoms with Crippen molar-refractivity contribution in [2.45, 2.75) is 45.2 Å². The monoisotopic (exact) mass is 458 g/mol. The summed E-state index contributed by atoms with van der Waals surface area (Å²) in [6.45, 7) is 6.41. The van der Waals surface area contributed by atoms with Gasteiger partial charge in [0.1, 0.15) is 11.5 Å². The number of benzene rings is 2. The molecule has 32 heavy (non-hydrogen) atoms. The van der Waals surface area contributed by atoms with Crippen LogP contribution in [-0.2, 0) is 11.3 Å². The summed E-state index contributed by atoms with van der Waals surface area (Å²) in [4.78, 5) is 14.9. The van der Waals surface area contributed by atoms with Gasteiger partial charge in [-0.1, -0.05) is 42.8 Å². The summed E-state index contributed by atoms with van der Waals surface area (Å²) >= 11 is 5.96. The average Bonchev–Trinajstić information content (AvgIpc) is 3.27. The van der Waals surface area contributed by atoms with Gasteiger partial charge in [-0.2, -0.15) is 0 Å². The fraction of sp³-hybridized carbons (Fsp3) is 0.480. The van der Waals surface area contributed by atoms with Crippen molar-refractivity contribution in [1.82, 2.24) is 10.2 Å². The molecule has 0 radical (unpaired) electrons. The molecule has 2 heterocycles. The fourth-order valence-corrected chi connectivity index (χ4v) is 4.80. The maximum atomic E-state index is 13.1. The molecule has 0 spiro atoms. The van der Waals surface area contributed by atoms with Crippen molar-refractivity contribution in [3.63, 3.8) is 0 Å². The van der Waals surface area contributed by atoms with Crippen molar-refractivity contribution in [2.24, 2.45) is 5.41 Å². The van der Waals surface area contributed by atoms with Crippen LogP contribution in [0, 0.1) is 5.41 Å². The van der Waals surface area contributed by atoms with Crippen LogP contribution >= 0.6 is 11.6 Å². The zero-order valence-corrected chi connectivity index (χ0v) is 19.2. The normalized spacial score (nSPS) is 20.4. The number of rotatable bonds is 6. The van der Waals surface area contributed by atoms with Crippen molar-refractivity contribution in [2.75, 3.05) is 26.3 Å². The number of carbonyl (C=O) groups is 1. The van der Waals surface area contributed by atoms with E-state index in [4.69, 9.17) is 16.3 Å². The highest BCUT2D eigenvalue weighted by molar-refractivity contribution is 6.32. The molecule has 1 unspecified atom stereocenters. The molecule has 2 fully saturated rings. The standard InChI is InChI=1S/C25H31ClN2O4/c1-25(8-11-32-12-9-25)16-27-15-17-4-6-18(7-5-17)21-3-2-10-28(21)24(31)19-13-20(26)23(30)14-22(19)29/h4-7,13-14,21,27,29-30H,2-3,8-12,15-16H2,1H3. The van der Waals surface area contributed by atoms with Gasteiger partial charge in [-0.3, -0.25) is 4.79 Å². The van der Waals surface area contributed by atoms with Gasteiger partial charge in [0.15, 0.2) is 0 Å². The molecule has 2 saturated heterocycles. The maximum Gasteiger partial charge on any atom is 0.258 e. The number of nitrogens with one attached hydrogen (secondary N) is 1. The SMILES string of the molecule is CC1(CNCc2ccc(C3CCCN3C(=O)c3cc(Cl)c(O)cc3O)cc2)CCOCC1. The zero-order valence-electron chi connectivity index (χ0n) is 18.4. The van der Waals surface area contributed by atoms with Gasteiger partial charge < -0.3 is 25.2 Å². The number of hydrogen-bond acceptors (Lipinski definition) is 5. The zero-order chi connectivity index (χ0) is 22.7. The molecule has 1 atom stereocenters. The molecule has 7 heteroatoms. The largest absolute Gasteiger partial charge is 0.507 e. The lowest BCUT2D eigenvalue weighted by atomic mass is 9.82. The second-order valence-electron chi connectivity index (χ2n) is 9.25. The molecule has 3 N–H and O–H groups in total. The number of amides is 1. The van der Waals surface area contributed by atoms with E-state index in [-0.39, 0.29) is 34.0 Å². The topological polar surface area (TPSA) is 82.0 Å². The molecule has 4 rings (SSSR count). The fourth-order valence-electron chi connectivity index (χ4n) is 4.64. The van der Waals surface area contributed by atoms with Gasteiger partial charge in [-0.15, -0.1) is 0 Å². The first kappa shape index (κ1) is 22.9. The van der Waals surface area contributed by atoms with Gasteiger partial charge in [0.2, 0.25) is 0 Å². The van der Waals surface area contributed by atoms with Crippen LogP contribution < -0.4 is 5.32 Å². The third-order valence-electron chi connectivity index (χ3n) is 6.75. The summed E-state index contributed by atoms with van der Waals surface area (Å²) in [5, 5.41) is 23.4. The summed E-state index contributed by atoms with van der Waals surface area (Å²) in [6.07, 6.45) is 3.95. The minimum atomic E-state index is -0.276. The second kappa shape index (κ2) is 9.69. The van der Waals surface area contributed by atoms with Crippen LogP contribution in [0.3, 0.4) is 0 Å². The first-order valence-corrected chi connectivity index (χ1v) is 11.6. The minimum Gasteiger partial charge on any atom is -0.507 e. The summed E-state index contributed by atoms with van der Waals surface area (Å²) < 4.78 is 5.48. The molecule has 2 aliphatic heterocycles. The number of likely N-dealkylation sites (tertiary alicyclic amines) is 1. The Balaban J connectivity index is 1.40. The van der Waals surface area contributed by atoms with Crippen LogP contribution in [0.15, 0.2) is 36.4 Å². The molecular weight excluding hydrogens is 428 g/mol. The Hall–Kier alpha value is -2.28. The molecule has 0 bridgehead atoms. The molecule has 6 nitrogen and oxygen atoms in total. The second-order valence-corrected chi connectivity index (χ2v) is 9.65. The van der Waals surface area contributed by atoms with Crippen LogP contribution in [0.5, 0.6) is 11.5 Å². The Morgan fingerprint density at radius 1 is 1.19 bits per heavy atom. The highest BCUT2D eigenvalue weighted by atomic mass is 35.5. The Morgan fingerprint density at radius 3 is 2.62 bits per heavy atom. The van der Waals surface area contributed by atoms with Gasteiger partial charge >= 0.3 is 0 Å². The van der Waals surface area contributed by atoms with Crippen molar-refractivity contribution < 1.29 is 19.7 Å². The molecular formula is C25H31ClN2O4. The Labute approximate surface area is 194 Å². The summed E-state index contributed by atoms with van der Waals surface area (Å²) in [6, 6.07) is 10.8. The van der Waals surface area contributed by atoms with Crippen molar-refractivity contribution >= 4 is 17.5 Å². The summed E-state index contributed by atoms with van der Waals surface area (Å²) in [5.74, 6) is -0.779. The van der Waals surface area contributed by atoms with E-state index >= 15 is 0 Å². The van der Waals surface area contributed by atoms with E-state index in [1.165, 1.54) is 11.6 Å². The average molecular weight is 459 g/mol. The van der Waals surface area contributed by atoms with E-state index in [0.717, 1.165) is 63.6 Å². The highest BCUT2D eigenvalue weighted by Gasteiger charge is 2.32. The number of nitrogens with zero attached hydrogens (tertiary/aromatic N) is 1. The van der Waals surface area contributed by atoms with Gasteiger partial charge in [0.05, 0.1) is 16.6 Å². The number of phenolic OH excluding ortho intramolecular Hbond substituents is 2. The van der Waals surface area contributed by atoms with Gasteiger partial charge in [0, 0.05) is 38.9 Å². The van der Waals surface area contributed by atoms with Crippen molar-refractivity contribution in [1.29, 1.82) is 0 Å². The van der Waals surface area contributed by atoms with E-state index < -0.39 is 0 Å². The van der Waals surface area contributed by atoms with Crippen LogP contribution in [-0.4, -0.2) is 47.3 Å². The lowest BCUT2D eigenvalue weighted by Gasteiger charge is -2.33. The lowest BCUT2D eigenvalue weighted by molar-refractivity contribution is 0.0240. The van der Waals surface area contributed by atoms with Gasteiger partial charge in [-0.05, 0) is 48.3 Å². The van der Waals surface area contributed by atoms with Crippen LogP contribution in [0.2, 0.25) is 5.02 Å². The lowest BCUT2D eigenvalue weighted by Crippen LogP contribution is -2.36. The maximum absolute atomic E-state index is 13.1. The summed E-state index contributed by atoms with van der Waals surface area (Å²) in [5.41, 5.74) is 2.71. The number of aromatic hydroxyl groups is 2. The minimum absolute atomic E-state index is 0.0439. The molecule has 2 aromatic rings. The smallest absolute Gasteiger partial charge is 0.258 e. The number of halogens is 1. The van der Waals surface area contributed by atoms with E-state index in [2.05, 4.69) is 36.5 Å². The first-order valence-electron chi connectivity index (χ1n) is 11.3. The molecule has 172 valence electrons. The van der Waals surface area contributed by atoms with Crippen molar-refractivity contribution in [3.05, 3.63) is 58.1 Å². The van der Waals surface area contributed by atoms with Crippen molar-refractivity contribution in [3.8, 4) is 11.5 Å². The molecule has 0 aromatic heterocycles. The van der Waals surface area contributed by atoms with Crippen LogP contribution in [0.1, 0.15) is 60.1 Å².